The topological polar surface area (TPSA) is 67.6 Å². The molecule has 1 aromatic rings. The average Bonchev–Trinajstić information content (AvgIpc) is 2.40. The van der Waals surface area contributed by atoms with Crippen LogP contribution in [0.15, 0.2) is 18.2 Å². The second-order valence-electron chi connectivity index (χ2n) is 5.02. The molecule has 1 aromatic carbocycles. The lowest BCUT2D eigenvalue weighted by molar-refractivity contribution is -0.120. The molecule has 0 bridgehead atoms. The Kier molecular flexibility index (Phi) is 4.07. The normalized spacial score (nSPS) is 17.7. The van der Waals surface area contributed by atoms with Gasteiger partial charge >= 0.3 is 0 Å². The van der Waals surface area contributed by atoms with E-state index in [9.17, 15) is 4.79 Å². The second-order valence-corrected chi connectivity index (χ2v) is 5.02. The number of likely N-dealkylation sites (N-methyl/N-ethyl adjacent to an activating group) is 1. The minimum absolute atomic E-state index is 0.0298. The van der Waals surface area contributed by atoms with Crippen LogP contribution >= 0.6 is 0 Å². The summed E-state index contributed by atoms with van der Waals surface area (Å²) in [5, 5.41) is 3.26. The van der Waals surface area contributed by atoms with E-state index >= 15 is 0 Å². The average molecular weight is 263 g/mol. The number of nitrogens with one attached hydrogen (secondary N) is 1. The van der Waals surface area contributed by atoms with Crippen LogP contribution in [0.5, 0.6) is 5.75 Å². The van der Waals surface area contributed by atoms with Gasteiger partial charge in [0.25, 0.3) is 5.91 Å². The van der Waals surface area contributed by atoms with Crippen molar-refractivity contribution in [2.45, 2.75) is 25.4 Å². The molecule has 0 aliphatic carbocycles. The molecule has 19 heavy (non-hydrogen) atoms. The van der Waals surface area contributed by atoms with Gasteiger partial charge in [-0.3, -0.25) is 4.79 Å². The number of amides is 1. The molecule has 5 nitrogen and oxygen atoms in total. The monoisotopic (exact) mass is 263 g/mol. The Morgan fingerprint density at radius 1 is 1.53 bits per heavy atom. The molecule has 0 fully saturated rings. The maximum atomic E-state index is 11.7. The summed E-state index contributed by atoms with van der Waals surface area (Å²) in [5.74, 6) is 0.722. The summed E-state index contributed by atoms with van der Waals surface area (Å²) < 4.78 is 5.42. The van der Waals surface area contributed by atoms with Gasteiger partial charge in [-0.2, -0.15) is 0 Å². The van der Waals surface area contributed by atoms with Gasteiger partial charge in [-0.1, -0.05) is 6.07 Å². The summed E-state index contributed by atoms with van der Waals surface area (Å²) in [6.07, 6.45) is 0.841. The number of hydrogen-bond acceptors (Lipinski definition) is 4. The van der Waals surface area contributed by atoms with Crippen LogP contribution in [-0.2, 0) is 4.79 Å². The van der Waals surface area contributed by atoms with Crippen molar-refractivity contribution in [3.05, 3.63) is 23.8 Å². The van der Waals surface area contributed by atoms with Gasteiger partial charge in [-0.05, 0) is 38.1 Å². The number of nitrogens with two attached hydrogens (primary N) is 1. The number of nitrogens with zero attached hydrogens (tertiary/aromatic N) is 1. The predicted octanol–water partition coefficient (Wildman–Crippen LogP) is 1.04. The lowest BCUT2D eigenvalue weighted by Crippen LogP contribution is -2.35. The molecule has 2 atom stereocenters. The minimum Gasteiger partial charge on any atom is -0.482 e. The lowest BCUT2D eigenvalue weighted by atomic mass is 9.99. The predicted molar refractivity (Wildman–Crippen MR) is 75.4 cm³/mol. The molecule has 104 valence electrons. The lowest BCUT2D eigenvalue weighted by Gasteiger charge is -2.28. The highest BCUT2D eigenvalue weighted by Crippen LogP contribution is 2.34. The van der Waals surface area contributed by atoms with Gasteiger partial charge in [0.15, 0.2) is 6.61 Å². The van der Waals surface area contributed by atoms with Crippen LogP contribution in [0, 0.1) is 0 Å². The van der Waals surface area contributed by atoms with E-state index in [4.69, 9.17) is 10.5 Å². The molecule has 0 saturated heterocycles. The van der Waals surface area contributed by atoms with Crippen molar-refractivity contribution in [3.8, 4) is 5.75 Å². The van der Waals surface area contributed by atoms with Gasteiger partial charge in [-0.25, -0.2) is 0 Å². The molecule has 0 saturated carbocycles. The Morgan fingerprint density at radius 3 is 2.89 bits per heavy atom. The van der Waals surface area contributed by atoms with Crippen molar-refractivity contribution in [1.29, 1.82) is 0 Å². The van der Waals surface area contributed by atoms with Crippen LogP contribution in [0.1, 0.15) is 24.9 Å². The van der Waals surface area contributed by atoms with Gasteiger partial charge in [0.05, 0.1) is 5.69 Å². The first-order valence-corrected chi connectivity index (χ1v) is 6.49. The highest BCUT2D eigenvalue weighted by molar-refractivity contribution is 5.97. The Labute approximate surface area is 113 Å². The summed E-state index contributed by atoms with van der Waals surface area (Å²) in [5.41, 5.74) is 7.80. The van der Waals surface area contributed by atoms with E-state index in [-0.39, 0.29) is 24.6 Å². The summed E-state index contributed by atoms with van der Waals surface area (Å²) in [7, 11) is 3.69. The first-order valence-electron chi connectivity index (χ1n) is 6.49. The maximum absolute atomic E-state index is 11.7. The summed E-state index contributed by atoms with van der Waals surface area (Å²) in [6, 6.07) is 6.22. The van der Waals surface area contributed by atoms with Crippen molar-refractivity contribution >= 4 is 11.6 Å². The van der Waals surface area contributed by atoms with E-state index < -0.39 is 0 Å². The van der Waals surface area contributed by atoms with E-state index in [0.29, 0.717) is 0 Å². The highest BCUT2D eigenvalue weighted by Gasteiger charge is 2.23. The van der Waals surface area contributed by atoms with Gasteiger partial charge < -0.3 is 20.7 Å². The highest BCUT2D eigenvalue weighted by atomic mass is 16.5. The summed E-state index contributed by atoms with van der Waals surface area (Å²) >= 11 is 0. The largest absolute Gasteiger partial charge is 0.482 e. The maximum Gasteiger partial charge on any atom is 0.264 e. The molecule has 3 N–H and O–H groups in total. The van der Waals surface area contributed by atoms with Crippen LogP contribution in [0.25, 0.3) is 0 Å². The zero-order valence-electron chi connectivity index (χ0n) is 11.6. The minimum atomic E-state index is -0.0298. The van der Waals surface area contributed by atoms with Crippen molar-refractivity contribution in [1.82, 2.24) is 5.32 Å². The quantitative estimate of drug-likeness (QED) is 0.851. The Bertz CT molecular complexity index is 474. The fraction of sp³-hybridized carbons (Fsp3) is 0.500. The molecule has 0 spiro atoms. The second kappa shape index (κ2) is 5.59. The number of hydrogen-bond donors (Lipinski definition) is 2. The van der Waals surface area contributed by atoms with Crippen LogP contribution in [0.3, 0.4) is 0 Å². The van der Waals surface area contributed by atoms with E-state index in [1.54, 1.807) is 11.9 Å². The molecule has 1 aliphatic rings. The molecule has 0 radical (unpaired) electrons. The number of carbonyl (C=O) groups is 1. The Balaban J connectivity index is 2.31. The fourth-order valence-electron chi connectivity index (χ4n) is 2.30. The van der Waals surface area contributed by atoms with E-state index in [1.165, 1.54) is 0 Å². The van der Waals surface area contributed by atoms with Crippen LogP contribution in [-0.4, -0.2) is 32.7 Å². The van der Waals surface area contributed by atoms with Gasteiger partial charge in [-0.15, -0.1) is 0 Å². The fourth-order valence-corrected chi connectivity index (χ4v) is 2.30. The Morgan fingerprint density at radius 2 is 2.26 bits per heavy atom. The van der Waals surface area contributed by atoms with Crippen molar-refractivity contribution in [2.75, 3.05) is 25.6 Å². The van der Waals surface area contributed by atoms with Crippen molar-refractivity contribution in [2.24, 2.45) is 5.73 Å². The summed E-state index contributed by atoms with van der Waals surface area (Å²) in [6.45, 7) is 2.10. The molecule has 1 aliphatic heterocycles. The molecule has 2 unspecified atom stereocenters. The summed E-state index contributed by atoms with van der Waals surface area (Å²) in [4.78, 5) is 13.3. The van der Waals surface area contributed by atoms with Crippen LogP contribution in [0.4, 0.5) is 5.69 Å². The van der Waals surface area contributed by atoms with Crippen LogP contribution in [0.2, 0.25) is 0 Å². The third-order valence-corrected chi connectivity index (χ3v) is 3.43. The number of ether oxygens (including phenoxy) is 1. The first-order chi connectivity index (χ1) is 9.02. The SMILES string of the molecule is CNC(CC(C)N)c1ccc2c(c1)N(C)C(=O)CO2. The number of benzene rings is 1. The van der Waals surface area contributed by atoms with Gasteiger partial charge in [0.2, 0.25) is 0 Å². The number of carbonyl (C=O) groups excluding carboxylic acids is 1. The molecule has 0 aromatic heterocycles. The van der Waals surface area contributed by atoms with Crippen LogP contribution < -0.4 is 20.7 Å². The number of anilines is 1. The van der Waals surface area contributed by atoms with E-state index in [0.717, 1.165) is 23.4 Å². The smallest absolute Gasteiger partial charge is 0.264 e. The Hall–Kier alpha value is -1.59. The standard InChI is InChI=1S/C14H21N3O2/c1-9(15)6-11(16-2)10-4-5-13-12(7-10)17(3)14(18)8-19-13/h4-5,7,9,11,16H,6,8,15H2,1-3H3. The zero-order chi connectivity index (χ0) is 14.0. The van der Waals surface area contributed by atoms with Crippen molar-refractivity contribution in [3.63, 3.8) is 0 Å². The third kappa shape index (κ3) is 2.88. The molecule has 2 rings (SSSR count). The molecular weight excluding hydrogens is 242 g/mol. The first kappa shape index (κ1) is 13.8. The molecule has 1 amide bonds. The third-order valence-electron chi connectivity index (χ3n) is 3.43. The molecular formula is C14H21N3O2. The van der Waals surface area contributed by atoms with E-state index in [2.05, 4.69) is 5.32 Å². The number of fused-ring (bicyclic) bond motifs is 1. The van der Waals surface area contributed by atoms with Crippen molar-refractivity contribution < 1.29 is 9.53 Å². The van der Waals surface area contributed by atoms with Gasteiger partial charge in [0, 0.05) is 19.1 Å². The number of rotatable bonds is 4. The van der Waals surface area contributed by atoms with Gasteiger partial charge in [0.1, 0.15) is 5.75 Å². The molecule has 1 heterocycles. The molecule has 5 heteroatoms. The van der Waals surface area contributed by atoms with E-state index in [1.807, 2.05) is 32.2 Å². The zero-order valence-corrected chi connectivity index (χ0v) is 11.6.